The Bertz CT molecular complexity index is 850. The summed E-state index contributed by atoms with van der Waals surface area (Å²) in [5.41, 5.74) is 2.58. The van der Waals surface area contributed by atoms with Crippen molar-refractivity contribution in [1.29, 1.82) is 0 Å². The van der Waals surface area contributed by atoms with Crippen LogP contribution in [0.3, 0.4) is 0 Å². The molecule has 0 saturated carbocycles. The van der Waals surface area contributed by atoms with Gasteiger partial charge in [0.15, 0.2) is 0 Å². The van der Waals surface area contributed by atoms with Crippen molar-refractivity contribution in [2.45, 2.75) is 6.92 Å². The SMILES string of the molecule is COc1ccc(Nc2nc(C)cc(Nc3ccccc3OC)n2)cc1. The summed E-state index contributed by atoms with van der Waals surface area (Å²) < 4.78 is 10.5. The maximum atomic E-state index is 5.36. The predicted octanol–water partition coefficient (Wildman–Crippen LogP) is 4.29. The number of rotatable bonds is 6. The van der Waals surface area contributed by atoms with Gasteiger partial charge in [0.25, 0.3) is 0 Å². The topological polar surface area (TPSA) is 68.3 Å². The Morgan fingerprint density at radius 2 is 1.60 bits per heavy atom. The molecule has 0 radical (unpaired) electrons. The molecule has 1 aromatic heterocycles. The number of ether oxygens (including phenoxy) is 2. The van der Waals surface area contributed by atoms with Gasteiger partial charge in [0.05, 0.1) is 19.9 Å². The van der Waals surface area contributed by atoms with E-state index in [0.29, 0.717) is 11.8 Å². The first-order valence-electron chi connectivity index (χ1n) is 7.85. The number of nitrogens with one attached hydrogen (secondary N) is 2. The Morgan fingerprint density at radius 3 is 2.32 bits per heavy atom. The van der Waals surface area contributed by atoms with Crippen molar-refractivity contribution in [2.24, 2.45) is 0 Å². The molecule has 1 heterocycles. The van der Waals surface area contributed by atoms with Crippen molar-refractivity contribution < 1.29 is 9.47 Å². The van der Waals surface area contributed by atoms with E-state index in [1.54, 1.807) is 14.2 Å². The fourth-order valence-electron chi connectivity index (χ4n) is 2.38. The first-order chi connectivity index (χ1) is 12.2. The number of benzene rings is 2. The van der Waals surface area contributed by atoms with E-state index in [9.17, 15) is 0 Å². The van der Waals surface area contributed by atoms with Crippen molar-refractivity contribution in [3.63, 3.8) is 0 Å². The third kappa shape index (κ3) is 4.17. The molecule has 0 unspecified atom stereocenters. The normalized spacial score (nSPS) is 10.2. The highest BCUT2D eigenvalue weighted by Gasteiger charge is 2.06. The standard InChI is InChI=1S/C19H20N4O2/c1-13-12-18(22-16-6-4-5-7-17(16)25-3)23-19(20-13)21-14-8-10-15(24-2)11-9-14/h4-12H,1-3H3,(H2,20,21,22,23). The van der Waals surface area contributed by atoms with Crippen LogP contribution in [0.2, 0.25) is 0 Å². The molecule has 0 aliphatic heterocycles. The van der Waals surface area contributed by atoms with Gasteiger partial charge in [-0.05, 0) is 43.3 Å². The van der Waals surface area contributed by atoms with E-state index in [4.69, 9.17) is 9.47 Å². The van der Waals surface area contributed by atoms with E-state index in [0.717, 1.165) is 28.6 Å². The average molecular weight is 336 g/mol. The summed E-state index contributed by atoms with van der Waals surface area (Å²) in [6.07, 6.45) is 0. The monoisotopic (exact) mass is 336 g/mol. The van der Waals surface area contributed by atoms with E-state index in [1.807, 2.05) is 61.5 Å². The third-order valence-electron chi connectivity index (χ3n) is 3.57. The molecule has 2 N–H and O–H groups in total. The third-order valence-corrected chi connectivity index (χ3v) is 3.57. The zero-order chi connectivity index (χ0) is 17.6. The van der Waals surface area contributed by atoms with Gasteiger partial charge in [-0.15, -0.1) is 0 Å². The Hall–Kier alpha value is -3.28. The van der Waals surface area contributed by atoms with Crippen LogP contribution in [0, 0.1) is 6.92 Å². The maximum Gasteiger partial charge on any atom is 0.229 e. The van der Waals surface area contributed by atoms with Crippen LogP contribution < -0.4 is 20.1 Å². The predicted molar refractivity (Wildman–Crippen MR) is 99.3 cm³/mol. The zero-order valence-corrected chi connectivity index (χ0v) is 14.4. The lowest BCUT2D eigenvalue weighted by Gasteiger charge is -2.12. The Balaban J connectivity index is 1.82. The molecule has 6 nitrogen and oxygen atoms in total. The van der Waals surface area contributed by atoms with Gasteiger partial charge in [0.1, 0.15) is 17.3 Å². The molecule has 0 fully saturated rings. The Kier molecular flexibility index (Phi) is 4.99. The number of anilines is 4. The van der Waals surface area contributed by atoms with Crippen LogP contribution in [-0.4, -0.2) is 24.2 Å². The van der Waals surface area contributed by atoms with Crippen LogP contribution in [0.25, 0.3) is 0 Å². The second-order valence-electron chi connectivity index (χ2n) is 5.40. The molecule has 128 valence electrons. The smallest absolute Gasteiger partial charge is 0.229 e. The van der Waals surface area contributed by atoms with Crippen LogP contribution in [0.15, 0.2) is 54.6 Å². The van der Waals surface area contributed by atoms with E-state index in [2.05, 4.69) is 20.6 Å². The number of para-hydroxylation sites is 2. The Morgan fingerprint density at radius 1 is 0.840 bits per heavy atom. The fourth-order valence-corrected chi connectivity index (χ4v) is 2.38. The summed E-state index contributed by atoms with van der Waals surface area (Å²) in [5.74, 6) is 2.76. The molecule has 6 heteroatoms. The van der Waals surface area contributed by atoms with Crippen molar-refractivity contribution in [2.75, 3.05) is 24.9 Å². The summed E-state index contributed by atoms with van der Waals surface area (Å²) in [4.78, 5) is 8.95. The van der Waals surface area contributed by atoms with E-state index < -0.39 is 0 Å². The molecule has 0 saturated heterocycles. The molecule has 3 rings (SSSR count). The molecule has 0 spiro atoms. The lowest BCUT2D eigenvalue weighted by molar-refractivity contribution is 0.415. The first-order valence-corrected chi connectivity index (χ1v) is 7.85. The molecule has 0 aliphatic carbocycles. The van der Waals surface area contributed by atoms with Gasteiger partial charge in [-0.1, -0.05) is 12.1 Å². The number of hydrogen-bond donors (Lipinski definition) is 2. The van der Waals surface area contributed by atoms with Gasteiger partial charge in [0, 0.05) is 17.4 Å². The van der Waals surface area contributed by atoms with Gasteiger partial charge in [-0.25, -0.2) is 4.98 Å². The number of aromatic nitrogens is 2. The van der Waals surface area contributed by atoms with Crippen molar-refractivity contribution in [3.8, 4) is 11.5 Å². The minimum Gasteiger partial charge on any atom is -0.497 e. The molecular formula is C19H20N4O2. The second kappa shape index (κ2) is 7.53. The van der Waals surface area contributed by atoms with E-state index >= 15 is 0 Å². The van der Waals surface area contributed by atoms with Crippen LogP contribution in [-0.2, 0) is 0 Å². The molecule has 0 aliphatic rings. The molecular weight excluding hydrogens is 316 g/mol. The number of nitrogens with zero attached hydrogens (tertiary/aromatic N) is 2. The molecule has 0 bridgehead atoms. The summed E-state index contributed by atoms with van der Waals surface area (Å²) in [6.45, 7) is 1.92. The minimum atomic E-state index is 0.516. The Labute approximate surface area is 146 Å². The number of methoxy groups -OCH3 is 2. The van der Waals surface area contributed by atoms with Crippen LogP contribution in [0.1, 0.15) is 5.69 Å². The van der Waals surface area contributed by atoms with Gasteiger partial charge >= 0.3 is 0 Å². The van der Waals surface area contributed by atoms with Crippen molar-refractivity contribution in [3.05, 3.63) is 60.3 Å². The number of aryl methyl sites for hydroxylation is 1. The van der Waals surface area contributed by atoms with Crippen LogP contribution >= 0.6 is 0 Å². The number of hydrogen-bond acceptors (Lipinski definition) is 6. The molecule has 0 atom stereocenters. The molecule has 3 aromatic rings. The summed E-state index contributed by atoms with van der Waals surface area (Å²) in [7, 11) is 3.28. The van der Waals surface area contributed by atoms with E-state index in [1.165, 1.54) is 0 Å². The summed E-state index contributed by atoms with van der Waals surface area (Å²) in [5, 5.41) is 6.47. The highest BCUT2D eigenvalue weighted by Crippen LogP contribution is 2.27. The largest absolute Gasteiger partial charge is 0.497 e. The fraction of sp³-hybridized carbons (Fsp3) is 0.158. The summed E-state index contributed by atoms with van der Waals surface area (Å²) >= 11 is 0. The first kappa shape index (κ1) is 16.6. The van der Waals surface area contributed by atoms with Gasteiger partial charge in [-0.3, -0.25) is 0 Å². The van der Waals surface area contributed by atoms with Crippen molar-refractivity contribution >= 4 is 23.1 Å². The van der Waals surface area contributed by atoms with E-state index in [-0.39, 0.29) is 0 Å². The van der Waals surface area contributed by atoms with Gasteiger partial charge in [-0.2, -0.15) is 4.98 Å². The molecule has 0 amide bonds. The molecule has 2 aromatic carbocycles. The van der Waals surface area contributed by atoms with Gasteiger partial charge < -0.3 is 20.1 Å². The maximum absolute atomic E-state index is 5.36. The van der Waals surface area contributed by atoms with Crippen LogP contribution in [0.5, 0.6) is 11.5 Å². The lowest BCUT2D eigenvalue weighted by Crippen LogP contribution is -2.03. The average Bonchev–Trinajstić information content (AvgIpc) is 2.62. The van der Waals surface area contributed by atoms with Gasteiger partial charge in [0.2, 0.25) is 5.95 Å². The highest BCUT2D eigenvalue weighted by molar-refractivity contribution is 5.65. The second-order valence-corrected chi connectivity index (χ2v) is 5.40. The zero-order valence-electron chi connectivity index (χ0n) is 14.4. The van der Waals surface area contributed by atoms with Crippen molar-refractivity contribution in [1.82, 2.24) is 9.97 Å². The molecule has 25 heavy (non-hydrogen) atoms. The summed E-state index contributed by atoms with van der Waals surface area (Å²) in [6, 6.07) is 17.2. The quantitative estimate of drug-likeness (QED) is 0.700. The minimum absolute atomic E-state index is 0.516. The van der Waals surface area contributed by atoms with Crippen LogP contribution in [0.4, 0.5) is 23.1 Å². The highest BCUT2D eigenvalue weighted by atomic mass is 16.5. The lowest BCUT2D eigenvalue weighted by atomic mass is 10.3.